The maximum Gasteiger partial charge on any atom is 0.269 e. The lowest BCUT2D eigenvalue weighted by molar-refractivity contribution is -0.121. The lowest BCUT2D eigenvalue weighted by atomic mass is 10.1. The Morgan fingerprint density at radius 2 is 1.77 bits per heavy atom. The van der Waals surface area contributed by atoms with Gasteiger partial charge in [0.05, 0.1) is 4.90 Å². The summed E-state index contributed by atoms with van der Waals surface area (Å²) in [7, 11) is -3.61. The molecule has 0 aliphatic carbocycles. The summed E-state index contributed by atoms with van der Waals surface area (Å²) in [4.78, 5) is 27.8. The van der Waals surface area contributed by atoms with Crippen molar-refractivity contribution in [3.8, 4) is 0 Å². The van der Waals surface area contributed by atoms with Crippen LogP contribution in [-0.2, 0) is 21.2 Å². The van der Waals surface area contributed by atoms with Crippen LogP contribution in [0.4, 0.5) is 0 Å². The Kier molecular flexibility index (Phi) is 6.06. The molecular weight excluding hydrogens is 416 g/mol. The molecule has 8 nitrogen and oxygen atoms in total. The van der Waals surface area contributed by atoms with Crippen LogP contribution in [0.5, 0.6) is 0 Å². The van der Waals surface area contributed by atoms with Crippen molar-refractivity contribution >= 4 is 32.7 Å². The molecule has 0 saturated carbocycles. The third-order valence-electron chi connectivity index (χ3n) is 5.41. The molecule has 0 unspecified atom stereocenters. The number of hydrogen-bond donors (Lipinski definition) is 3. The molecule has 2 aromatic carbocycles. The van der Waals surface area contributed by atoms with E-state index in [1.165, 1.54) is 28.6 Å². The summed E-state index contributed by atoms with van der Waals surface area (Å²) in [5, 5.41) is 1.07. The summed E-state index contributed by atoms with van der Waals surface area (Å²) in [6.45, 7) is 0.983. The number of hydrogen-bond acceptors (Lipinski definition) is 4. The van der Waals surface area contributed by atoms with Gasteiger partial charge >= 0.3 is 0 Å². The fourth-order valence-electron chi connectivity index (χ4n) is 3.72. The van der Waals surface area contributed by atoms with Crippen LogP contribution >= 0.6 is 0 Å². The number of aromatic nitrogens is 1. The molecule has 2 heterocycles. The molecule has 0 bridgehead atoms. The zero-order valence-electron chi connectivity index (χ0n) is 16.9. The van der Waals surface area contributed by atoms with Crippen molar-refractivity contribution in [1.82, 2.24) is 20.1 Å². The van der Waals surface area contributed by atoms with Crippen LogP contribution in [0, 0.1) is 0 Å². The number of aryl methyl sites for hydroxylation is 1. The molecule has 0 radical (unpaired) electrons. The summed E-state index contributed by atoms with van der Waals surface area (Å²) >= 11 is 0. The molecule has 1 aliphatic rings. The second kappa shape index (κ2) is 8.91. The van der Waals surface area contributed by atoms with Crippen molar-refractivity contribution in [3.05, 3.63) is 65.9 Å². The predicted molar refractivity (Wildman–Crippen MR) is 117 cm³/mol. The van der Waals surface area contributed by atoms with Crippen molar-refractivity contribution in [1.29, 1.82) is 0 Å². The standard InChI is InChI=1S/C22H24N4O4S/c27-21(11-10-17-15-23-20-9-2-1-8-19(17)20)24-25-22(28)16-6-5-7-18(14-16)31(29,30)26-12-3-4-13-26/h1-2,5-9,14-15,23H,3-4,10-13H2,(H,24,27)(H,25,28). The number of aromatic amines is 1. The van der Waals surface area contributed by atoms with E-state index in [1.807, 2.05) is 30.5 Å². The van der Waals surface area contributed by atoms with Gasteiger partial charge < -0.3 is 4.98 Å². The van der Waals surface area contributed by atoms with Crippen molar-refractivity contribution in [3.63, 3.8) is 0 Å². The highest BCUT2D eigenvalue weighted by Gasteiger charge is 2.27. The number of benzene rings is 2. The minimum atomic E-state index is -3.61. The average molecular weight is 441 g/mol. The van der Waals surface area contributed by atoms with E-state index in [-0.39, 0.29) is 22.8 Å². The minimum absolute atomic E-state index is 0.0766. The Balaban J connectivity index is 1.33. The molecule has 3 aromatic rings. The van der Waals surface area contributed by atoms with Gasteiger partial charge in [-0.3, -0.25) is 20.4 Å². The van der Waals surface area contributed by atoms with E-state index >= 15 is 0 Å². The molecule has 162 valence electrons. The third kappa shape index (κ3) is 4.62. The monoisotopic (exact) mass is 440 g/mol. The molecule has 1 saturated heterocycles. The maximum atomic E-state index is 12.7. The fourth-order valence-corrected chi connectivity index (χ4v) is 5.29. The van der Waals surface area contributed by atoms with Crippen LogP contribution in [0.3, 0.4) is 0 Å². The van der Waals surface area contributed by atoms with Crippen LogP contribution in [0.2, 0.25) is 0 Å². The van der Waals surface area contributed by atoms with Crippen molar-refractivity contribution in [2.45, 2.75) is 30.6 Å². The molecular formula is C22H24N4O4S. The Bertz CT molecular complexity index is 1210. The second-order valence-electron chi connectivity index (χ2n) is 7.50. The van der Waals surface area contributed by atoms with Gasteiger partial charge in [0.25, 0.3) is 5.91 Å². The van der Waals surface area contributed by atoms with Crippen LogP contribution in [0.15, 0.2) is 59.6 Å². The van der Waals surface area contributed by atoms with E-state index < -0.39 is 15.9 Å². The van der Waals surface area contributed by atoms with Crippen LogP contribution in [0.25, 0.3) is 10.9 Å². The van der Waals surface area contributed by atoms with E-state index in [0.717, 1.165) is 29.3 Å². The number of carbonyl (C=O) groups excluding carboxylic acids is 2. The number of nitrogens with zero attached hydrogens (tertiary/aromatic N) is 1. The molecule has 4 rings (SSSR count). The number of hydrazine groups is 1. The van der Waals surface area contributed by atoms with Gasteiger partial charge in [-0.15, -0.1) is 0 Å². The molecule has 1 aromatic heterocycles. The normalized spacial score (nSPS) is 14.6. The maximum absolute atomic E-state index is 12.7. The quantitative estimate of drug-likeness (QED) is 0.511. The molecule has 3 N–H and O–H groups in total. The van der Waals surface area contributed by atoms with E-state index in [1.54, 1.807) is 0 Å². The zero-order valence-corrected chi connectivity index (χ0v) is 17.7. The molecule has 2 amide bonds. The molecule has 1 fully saturated rings. The third-order valence-corrected chi connectivity index (χ3v) is 7.31. The van der Waals surface area contributed by atoms with E-state index in [2.05, 4.69) is 15.8 Å². The minimum Gasteiger partial charge on any atom is -0.361 e. The summed E-state index contributed by atoms with van der Waals surface area (Å²) in [5.41, 5.74) is 6.95. The van der Waals surface area contributed by atoms with Gasteiger partial charge in [0.15, 0.2) is 0 Å². The Labute approximate surface area is 180 Å². The van der Waals surface area contributed by atoms with Gasteiger partial charge in [-0.05, 0) is 49.1 Å². The number of amides is 2. The SMILES string of the molecule is O=C(CCc1c[nH]c2ccccc12)NNC(=O)c1cccc(S(=O)(=O)N2CCCC2)c1. The number of sulfonamides is 1. The number of nitrogens with one attached hydrogen (secondary N) is 3. The van der Waals surface area contributed by atoms with Gasteiger partial charge in [0, 0.05) is 42.2 Å². The largest absolute Gasteiger partial charge is 0.361 e. The molecule has 31 heavy (non-hydrogen) atoms. The predicted octanol–water partition coefficient (Wildman–Crippen LogP) is 2.35. The number of H-pyrrole nitrogens is 1. The topological polar surface area (TPSA) is 111 Å². The lowest BCUT2D eigenvalue weighted by Gasteiger charge is -2.16. The number of para-hydroxylation sites is 1. The summed E-state index contributed by atoms with van der Waals surface area (Å²) in [5.74, 6) is -0.904. The second-order valence-corrected chi connectivity index (χ2v) is 9.44. The van der Waals surface area contributed by atoms with Crippen molar-refractivity contribution in [2.24, 2.45) is 0 Å². The highest BCUT2D eigenvalue weighted by Crippen LogP contribution is 2.22. The highest BCUT2D eigenvalue weighted by molar-refractivity contribution is 7.89. The molecule has 9 heteroatoms. The first kappa shape index (κ1) is 21.1. The number of rotatable bonds is 6. The van der Waals surface area contributed by atoms with Gasteiger partial charge in [0.1, 0.15) is 0 Å². The zero-order chi connectivity index (χ0) is 21.8. The van der Waals surface area contributed by atoms with Crippen molar-refractivity contribution < 1.29 is 18.0 Å². The average Bonchev–Trinajstić information content (AvgIpc) is 3.47. The summed E-state index contributed by atoms with van der Waals surface area (Å²) in [6, 6.07) is 13.7. The van der Waals surface area contributed by atoms with Crippen LogP contribution in [-0.4, -0.2) is 42.6 Å². The van der Waals surface area contributed by atoms with Gasteiger partial charge in [0.2, 0.25) is 15.9 Å². The molecule has 1 aliphatic heterocycles. The van der Waals surface area contributed by atoms with E-state index in [9.17, 15) is 18.0 Å². The highest BCUT2D eigenvalue weighted by atomic mass is 32.2. The Morgan fingerprint density at radius 3 is 2.58 bits per heavy atom. The molecule has 0 spiro atoms. The first-order valence-electron chi connectivity index (χ1n) is 10.2. The smallest absolute Gasteiger partial charge is 0.269 e. The Morgan fingerprint density at radius 1 is 1.00 bits per heavy atom. The summed E-state index contributed by atoms with van der Waals surface area (Å²) < 4.78 is 26.8. The van der Waals surface area contributed by atoms with Gasteiger partial charge in [-0.25, -0.2) is 8.42 Å². The van der Waals surface area contributed by atoms with E-state index in [0.29, 0.717) is 19.5 Å². The number of fused-ring (bicyclic) bond motifs is 1. The lowest BCUT2D eigenvalue weighted by Crippen LogP contribution is -2.41. The first-order valence-corrected chi connectivity index (χ1v) is 11.6. The number of carbonyl (C=O) groups is 2. The van der Waals surface area contributed by atoms with Gasteiger partial charge in [-0.1, -0.05) is 24.3 Å². The Hall–Kier alpha value is -3.17. The van der Waals surface area contributed by atoms with E-state index in [4.69, 9.17) is 0 Å². The summed E-state index contributed by atoms with van der Waals surface area (Å²) in [6.07, 6.45) is 4.28. The van der Waals surface area contributed by atoms with Crippen LogP contribution in [0.1, 0.15) is 35.2 Å². The van der Waals surface area contributed by atoms with Crippen LogP contribution < -0.4 is 10.9 Å². The fraction of sp³-hybridized carbons (Fsp3) is 0.273. The van der Waals surface area contributed by atoms with Crippen molar-refractivity contribution in [2.75, 3.05) is 13.1 Å². The molecule has 0 atom stereocenters. The van der Waals surface area contributed by atoms with Gasteiger partial charge in [-0.2, -0.15) is 4.31 Å². The first-order chi connectivity index (χ1) is 14.9.